The molecule has 1 aromatic heterocycles. The number of rotatable bonds is 7. The molecular formula is C23H27N3O2S. The van der Waals surface area contributed by atoms with Gasteiger partial charge in [0.05, 0.1) is 26.5 Å². The van der Waals surface area contributed by atoms with Gasteiger partial charge in [0, 0.05) is 23.1 Å². The van der Waals surface area contributed by atoms with Crippen LogP contribution in [0.25, 0.3) is 11.3 Å². The second kappa shape index (κ2) is 8.41. The van der Waals surface area contributed by atoms with Gasteiger partial charge in [-0.1, -0.05) is 24.3 Å². The van der Waals surface area contributed by atoms with E-state index < -0.39 is 0 Å². The minimum atomic E-state index is 0.492. The molecule has 152 valence electrons. The van der Waals surface area contributed by atoms with Crippen molar-refractivity contribution < 1.29 is 9.47 Å². The fourth-order valence-electron chi connectivity index (χ4n) is 4.07. The van der Waals surface area contributed by atoms with Gasteiger partial charge in [-0.15, -0.1) is 11.3 Å². The van der Waals surface area contributed by atoms with Crippen molar-refractivity contribution in [2.75, 3.05) is 20.8 Å². The SMILES string of the molecule is C=C(C)CN=c1scc(-c2cc(OC)ccc2OC)n1N=CC1CC2C=CC1C2. The third kappa shape index (κ3) is 4.08. The maximum atomic E-state index is 5.61. The van der Waals surface area contributed by atoms with Crippen LogP contribution in [0.15, 0.2) is 58.0 Å². The molecule has 1 saturated carbocycles. The highest BCUT2D eigenvalue weighted by atomic mass is 32.1. The monoisotopic (exact) mass is 409 g/mol. The molecule has 0 radical (unpaired) electrons. The van der Waals surface area contributed by atoms with Gasteiger partial charge in [0.15, 0.2) is 0 Å². The molecule has 0 amide bonds. The summed E-state index contributed by atoms with van der Waals surface area (Å²) in [5.74, 6) is 3.39. The molecule has 29 heavy (non-hydrogen) atoms. The van der Waals surface area contributed by atoms with Gasteiger partial charge in [-0.25, -0.2) is 4.68 Å². The molecule has 3 atom stereocenters. The Morgan fingerprint density at radius 1 is 1.28 bits per heavy atom. The van der Waals surface area contributed by atoms with Crippen molar-refractivity contribution in [1.29, 1.82) is 0 Å². The Morgan fingerprint density at radius 2 is 2.14 bits per heavy atom. The second-order valence-electron chi connectivity index (χ2n) is 7.76. The van der Waals surface area contributed by atoms with Gasteiger partial charge in [0.25, 0.3) is 0 Å². The maximum absolute atomic E-state index is 5.61. The third-order valence-corrected chi connectivity index (χ3v) is 6.41. The summed E-state index contributed by atoms with van der Waals surface area (Å²) in [6.07, 6.45) is 9.26. The Kier molecular flexibility index (Phi) is 5.72. The number of thiazole rings is 1. The lowest BCUT2D eigenvalue weighted by molar-refractivity contribution is 0.404. The molecule has 2 bridgehead atoms. The molecule has 1 fully saturated rings. The summed E-state index contributed by atoms with van der Waals surface area (Å²) in [7, 11) is 3.35. The standard InChI is InChI=1S/C23H27N3O2S/c1-15(2)12-24-23-26(25-13-18-10-16-5-6-17(18)9-16)21(14-29-23)20-11-19(27-3)7-8-22(20)28-4/h5-8,11,13-14,16-18H,1,9-10,12H2,2-4H3. The molecule has 0 spiro atoms. The zero-order chi connectivity index (χ0) is 20.4. The predicted molar refractivity (Wildman–Crippen MR) is 119 cm³/mol. The van der Waals surface area contributed by atoms with Gasteiger partial charge in [-0.05, 0) is 49.8 Å². The molecule has 2 aromatic rings. The summed E-state index contributed by atoms with van der Waals surface area (Å²) in [6.45, 7) is 6.54. The normalized spacial score (nSPS) is 23.3. The topological polar surface area (TPSA) is 48.1 Å². The minimum Gasteiger partial charge on any atom is -0.497 e. The second-order valence-corrected chi connectivity index (χ2v) is 8.60. The average molecular weight is 410 g/mol. The number of allylic oxidation sites excluding steroid dienone is 2. The molecule has 2 aliphatic rings. The van der Waals surface area contributed by atoms with Crippen LogP contribution in [0.3, 0.4) is 0 Å². The molecule has 6 heteroatoms. The van der Waals surface area contributed by atoms with Crippen molar-refractivity contribution in [3.8, 4) is 22.8 Å². The number of aromatic nitrogens is 1. The lowest BCUT2D eigenvalue weighted by atomic mass is 9.95. The van der Waals surface area contributed by atoms with Gasteiger partial charge in [0.2, 0.25) is 4.80 Å². The molecule has 2 aliphatic carbocycles. The molecule has 1 heterocycles. The first-order chi connectivity index (χ1) is 14.1. The van der Waals surface area contributed by atoms with Gasteiger partial charge in [0.1, 0.15) is 11.5 Å². The summed E-state index contributed by atoms with van der Waals surface area (Å²) in [5, 5.41) is 6.98. The van der Waals surface area contributed by atoms with Crippen molar-refractivity contribution in [3.05, 3.63) is 52.7 Å². The van der Waals surface area contributed by atoms with Crippen molar-refractivity contribution in [2.45, 2.75) is 19.8 Å². The molecule has 3 unspecified atom stereocenters. The fourth-order valence-corrected chi connectivity index (χ4v) is 4.90. The van der Waals surface area contributed by atoms with Crippen LogP contribution in [-0.2, 0) is 0 Å². The first-order valence-electron chi connectivity index (χ1n) is 9.89. The zero-order valence-electron chi connectivity index (χ0n) is 17.2. The molecule has 0 saturated heterocycles. The third-order valence-electron chi connectivity index (χ3n) is 5.56. The van der Waals surface area contributed by atoms with Crippen LogP contribution in [0.5, 0.6) is 11.5 Å². The van der Waals surface area contributed by atoms with E-state index in [2.05, 4.69) is 30.3 Å². The smallest absolute Gasteiger partial charge is 0.206 e. The Bertz CT molecular complexity index is 1030. The molecular weight excluding hydrogens is 382 g/mol. The summed E-state index contributed by atoms with van der Waals surface area (Å²) >= 11 is 1.57. The van der Waals surface area contributed by atoms with E-state index in [1.807, 2.05) is 29.8 Å². The zero-order valence-corrected chi connectivity index (χ0v) is 18.0. The van der Waals surface area contributed by atoms with Gasteiger partial charge < -0.3 is 9.47 Å². The van der Waals surface area contributed by atoms with Crippen LogP contribution in [0, 0.1) is 17.8 Å². The summed E-state index contributed by atoms with van der Waals surface area (Å²) in [4.78, 5) is 5.58. The van der Waals surface area contributed by atoms with Crippen molar-refractivity contribution in [2.24, 2.45) is 27.8 Å². The first-order valence-corrected chi connectivity index (χ1v) is 10.8. The van der Waals surface area contributed by atoms with Gasteiger partial charge in [-0.3, -0.25) is 4.99 Å². The minimum absolute atomic E-state index is 0.492. The predicted octanol–water partition coefficient (Wildman–Crippen LogP) is 4.76. The number of nitrogens with zero attached hydrogens (tertiary/aromatic N) is 3. The Morgan fingerprint density at radius 3 is 2.79 bits per heavy atom. The molecule has 0 N–H and O–H groups in total. The lowest BCUT2D eigenvalue weighted by Crippen LogP contribution is -2.16. The number of hydrogen-bond acceptors (Lipinski definition) is 5. The maximum Gasteiger partial charge on any atom is 0.206 e. The molecule has 4 rings (SSSR count). The highest BCUT2D eigenvalue weighted by Crippen LogP contribution is 2.42. The van der Waals surface area contributed by atoms with E-state index >= 15 is 0 Å². The lowest BCUT2D eigenvalue weighted by Gasteiger charge is -2.13. The van der Waals surface area contributed by atoms with E-state index in [0.29, 0.717) is 18.4 Å². The van der Waals surface area contributed by atoms with Crippen LogP contribution in [-0.4, -0.2) is 31.7 Å². The average Bonchev–Trinajstić information content (AvgIpc) is 3.45. The molecule has 0 aliphatic heterocycles. The van der Waals surface area contributed by atoms with Gasteiger partial charge >= 0.3 is 0 Å². The number of benzene rings is 1. The number of ether oxygens (including phenoxy) is 2. The quantitative estimate of drug-likeness (QED) is 0.489. The fraction of sp³-hybridized carbons (Fsp3) is 0.391. The van der Waals surface area contributed by atoms with Gasteiger partial charge in [-0.2, -0.15) is 5.10 Å². The Labute approximate surface area is 175 Å². The van der Waals surface area contributed by atoms with Crippen LogP contribution >= 0.6 is 11.3 Å². The van der Waals surface area contributed by atoms with Crippen molar-refractivity contribution in [1.82, 2.24) is 4.68 Å². The Hall–Kier alpha value is -2.60. The van der Waals surface area contributed by atoms with Crippen LogP contribution in [0.2, 0.25) is 0 Å². The highest BCUT2D eigenvalue weighted by molar-refractivity contribution is 7.07. The Balaban J connectivity index is 1.77. The van der Waals surface area contributed by atoms with E-state index in [9.17, 15) is 0 Å². The number of hydrogen-bond donors (Lipinski definition) is 0. The summed E-state index contributed by atoms with van der Waals surface area (Å²) in [6, 6.07) is 5.80. The van der Waals surface area contributed by atoms with Crippen LogP contribution in [0.1, 0.15) is 19.8 Å². The van der Waals surface area contributed by atoms with E-state index in [1.54, 1.807) is 25.6 Å². The van der Waals surface area contributed by atoms with Crippen molar-refractivity contribution in [3.63, 3.8) is 0 Å². The van der Waals surface area contributed by atoms with Crippen LogP contribution in [0.4, 0.5) is 0 Å². The van der Waals surface area contributed by atoms with Crippen molar-refractivity contribution >= 4 is 17.6 Å². The molecule has 5 nitrogen and oxygen atoms in total. The summed E-state index contributed by atoms with van der Waals surface area (Å²) in [5.41, 5.74) is 2.90. The van der Waals surface area contributed by atoms with E-state index in [4.69, 9.17) is 19.6 Å². The van der Waals surface area contributed by atoms with E-state index in [-0.39, 0.29) is 0 Å². The van der Waals surface area contributed by atoms with E-state index in [1.165, 1.54) is 12.8 Å². The van der Waals surface area contributed by atoms with E-state index in [0.717, 1.165) is 39.0 Å². The summed E-state index contributed by atoms with van der Waals surface area (Å²) < 4.78 is 13.0. The molecule has 1 aromatic carbocycles. The van der Waals surface area contributed by atoms with Crippen LogP contribution < -0.4 is 14.3 Å². The number of methoxy groups -OCH3 is 2. The largest absolute Gasteiger partial charge is 0.497 e. The highest BCUT2D eigenvalue weighted by Gasteiger charge is 2.34. The first kappa shape index (κ1) is 19.7. The number of fused-ring (bicyclic) bond motifs is 2.